The molecule has 2 aromatic carbocycles. The number of nitrogens with two attached hydrogens (primary N) is 1. The van der Waals surface area contributed by atoms with Crippen molar-refractivity contribution in [1.29, 1.82) is 0 Å². The fourth-order valence-corrected chi connectivity index (χ4v) is 3.54. The van der Waals surface area contributed by atoms with E-state index in [2.05, 4.69) is 40.5 Å². The van der Waals surface area contributed by atoms with Crippen molar-refractivity contribution in [3.05, 3.63) is 47.5 Å². The lowest BCUT2D eigenvalue weighted by molar-refractivity contribution is 0.767. The first-order chi connectivity index (χ1) is 9.74. The van der Waals surface area contributed by atoms with E-state index in [0.717, 1.165) is 17.7 Å². The molecule has 5 heteroatoms. The van der Waals surface area contributed by atoms with Gasteiger partial charge >= 0.3 is 0 Å². The first-order valence-electron chi connectivity index (χ1n) is 6.51. The maximum atomic E-state index is 5.87. The number of hydrogen-bond acceptors (Lipinski definition) is 5. The molecule has 20 heavy (non-hydrogen) atoms. The molecule has 3 N–H and O–H groups in total. The summed E-state index contributed by atoms with van der Waals surface area (Å²) < 4.78 is 1.19. The number of rotatable bonds is 1. The van der Waals surface area contributed by atoms with E-state index in [4.69, 9.17) is 5.73 Å². The quantitative estimate of drug-likeness (QED) is 0.718. The zero-order valence-corrected chi connectivity index (χ0v) is 11.9. The summed E-state index contributed by atoms with van der Waals surface area (Å²) in [5.41, 5.74) is 15.1. The molecule has 0 spiro atoms. The van der Waals surface area contributed by atoms with Crippen LogP contribution in [-0.2, 0) is 6.54 Å². The van der Waals surface area contributed by atoms with Gasteiger partial charge in [-0.05, 0) is 30.7 Å². The number of thiazole rings is 1. The van der Waals surface area contributed by atoms with Gasteiger partial charge < -0.3 is 5.73 Å². The molecule has 0 bridgehead atoms. The summed E-state index contributed by atoms with van der Waals surface area (Å²) >= 11 is 1.56. The summed E-state index contributed by atoms with van der Waals surface area (Å²) in [5.74, 6) is 0. The van der Waals surface area contributed by atoms with Crippen LogP contribution in [0.2, 0.25) is 0 Å². The number of hydrazine groups is 1. The normalized spacial score (nSPS) is 13.9. The van der Waals surface area contributed by atoms with E-state index < -0.39 is 0 Å². The average Bonchev–Trinajstić information content (AvgIpc) is 3.03. The lowest BCUT2D eigenvalue weighted by Gasteiger charge is -2.19. The summed E-state index contributed by atoms with van der Waals surface area (Å²) in [6, 6.07) is 12.5. The van der Waals surface area contributed by atoms with Crippen LogP contribution in [0.3, 0.4) is 0 Å². The molecular weight excluding hydrogens is 268 g/mol. The second-order valence-electron chi connectivity index (χ2n) is 4.93. The molecule has 0 saturated carbocycles. The highest BCUT2D eigenvalue weighted by Crippen LogP contribution is 2.40. The molecule has 4 nitrogen and oxygen atoms in total. The Labute approximate surface area is 120 Å². The summed E-state index contributed by atoms with van der Waals surface area (Å²) in [5, 5.41) is 2.76. The highest BCUT2D eigenvalue weighted by atomic mass is 32.1. The fourth-order valence-electron chi connectivity index (χ4n) is 2.71. The van der Waals surface area contributed by atoms with Crippen LogP contribution in [0.25, 0.3) is 10.2 Å². The smallest absolute Gasteiger partial charge is 0.181 e. The Morgan fingerprint density at radius 2 is 2.10 bits per heavy atom. The van der Waals surface area contributed by atoms with Gasteiger partial charge in [0.2, 0.25) is 0 Å². The number of anilines is 3. The molecule has 0 atom stereocenters. The number of benzene rings is 2. The summed E-state index contributed by atoms with van der Waals surface area (Å²) in [6.45, 7) is 2.89. The molecule has 100 valence electrons. The lowest BCUT2D eigenvalue weighted by atomic mass is 10.1. The second-order valence-corrected chi connectivity index (χ2v) is 5.96. The zero-order chi connectivity index (χ0) is 13.7. The van der Waals surface area contributed by atoms with Gasteiger partial charge in [0.25, 0.3) is 0 Å². The van der Waals surface area contributed by atoms with Crippen molar-refractivity contribution in [3.8, 4) is 0 Å². The highest BCUT2D eigenvalue weighted by molar-refractivity contribution is 7.22. The van der Waals surface area contributed by atoms with E-state index >= 15 is 0 Å². The molecule has 4 rings (SSSR count). The summed E-state index contributed by atoms with van der Waals surface area (Å²) in [7, 11) is 0. The minimum Gasteiger partial charge on any atom is -0.375 e. The number of nitrogens with zero attached hydrogens (tertiary/aromatic N) is 2. The number of para-hydroxylation sites is 1. The number of aryl methyl sites for hydroxylation is 1. The fraction of sp³-hybridized carbons (Fsp3) is 0.133. The van der Waals surface area contributed by atoms with Crippen LogP contribution in [0.1, 0.15) is 11.1 Å². The molecule has 1 aliphatic rings. The van der Waals surface area contributed by atoms with Crippen LogP contribution in [0.4, 0.5) is 16.5 Å². The van der Waals surface area contributed by atoms with Crippen molar-refractivity contribution < 1.29 is 0 Å². The molecule has 0 unspecified atom stereocenters. The largest absolute Gasteiger partial charge is 0.375 e. The topological polar surface area (TPSA) is 54.2 Å². The number of nitrogens with one attached hydrogen (secondary N) is 1. The van der Waals surface area contributed by atoms with Crippen LogP contribution in [-0.4, -0.2) is 4.98 Å². The maximum Gasteiger partial charge on any atom is 0.181 e. The van der Waals surface area contributed by atoms with Gasteiger partial charge in [0.1, 0.15) is 0 Å². The molecule has 2 heterocycles. The Hall–Kier alpha value is -2.11. The van der Waals surface area contributed by atoms with Crippen molar-refractivity contribution in [2.45, 2.75) is 13.5 Å². The van der Waals surface area contributed by atoms with Gasteiger partial charge in [-0.25, -0.2) is 10.4 Å². The highest BCUT2D eigenvalue weighted by Gasteiger charge is 2.24. The molecule has 1 aliphatic heterocycles. The van der Waals surface area contributed by atoms with Gasteiger partial charge in [0, 0.05) is 12.1 Å². The van der Waals surface area contributed by atoms with E-state index in [9.17, 15) is 0 Å². The van der Waals surface area contributed by atoms with Crippen molar-refractivity contribution in [3.63, 3.8) is 0 Å². The monoisotopic (exact) mass is 282 g/mol. The number of nitrogen functional groups attached to an aromatic ring is 1. The van der Waals surface area contributed by atoms with E-state index in [1.54, 1.807) is 11.3 Å². The van der Waals surface area contributed by atoms with Crippen LogP contribution in [0, 0.1) is 6.92 Å². The van der Waals surface area contributed by atoms with Crippen molar-refractivity contribution >= 4 is 38.1 Å². The molecule has 0 fully saturated rings. The average molecular weight is 282 g/mol. The predicted molar refractivity (Wildman–Crippen MR) is 84.2 cm³/mol. The Morgan fingerprint density at radius 1 is 1.30 bits per heavy atom. The van der Waals surface area contributed by atoms with Crippen LogP contribution >= 0.6 is 11.3 Å². The Kier molecular flexibility index (Phi) is 2.45. The first-order valence-corrected chi connectivity index (χ1v) is 7.33. The Balaban J connectivity index is 1.94. The number of aromatic nitrogens is 1. The van der Waals surface area contributed by atoms with Gasteiger partial charge in [0.05, 0.1) is 21.6 Å². The second kappa shape index (κ2) is 4.19. The summed E-state index contributed by atoms with van der Waals surface area (Å²) in [4.78, 5) is 4.50. The zero-order valence-electron chi connectivity index (χ0n) is 11.1. The molecule has 0 aliphatic carbocycles. The van der Waals surface area contributed by atoms with Crippen LogP contribution in [0.5, 0.6) is 0 Å². The van der Waals surface area contributed by atoms with Crippen molar-refractivity contribution in [1.82, 2.24) is 10.4 Å². The van der Waals surface area contributed by atoms with E-state index in [1.165, 1.54) is 21.5 Å². The van der Waals surface area contributed by atoms with Gasteiger partial charge in [-0.3, -0.25) is 5.01 Å². The standard InChI is InChI=1S/C15H14N4S/c1-9-7-12-11(13-14(9)20-15(16)18-13)8-17-19(12)10-5-3-2-4-6-10/h2-7,17H,8H2,1H3,(H2,16,18). The third-order valence-electron chi connectivity index (χ3n) is 3.62. The minimum atomic E-state index is 0.634. The van der Waals surface area contributed by atoms with Crippen molar-refractivity contribution in [2.24, 2.45) is 0 Å². The molecule has 1 aromatic heterocycles. The third-order valence-corrected chi connectivity index (χ3v) is 4.64. The lowest BCUT2D eigenvalue weighted by Crippen LogP contribution is -2.26. The Morgan fingerprint density at radius 3 is 2.90 bits per heavy atom. The van der Waals surface area contributed by atoms with E-state index in [-0.39, 0.29) is 0 Å². The van der Waals surface area contributed by atoms with E-state index in [1.807, 2.05) is 18.2 Å². The predicted octanol–water partition coefficient (Wildman–Crippen LogP) is 3.34. The van der Waals surface area contributed by atoms with Gasteiger partial charge in [0.15, 0.2) is 5.13 Å². The molecule has 0 radical (unpaired) electrons. The summed E-state index contributed by atoms with van der Waals surface area (Å²) in [6.07, 6.45) is 0. The van der Waals surface area contributed by atoms with E-state index in [0.29, 0.717) is 5.13 Å². The van der Waals surface area contributed by atoms with Crippen LogP contribution < -0.4 is 16.2 Å². The van der Waals surface area contributed by atoms with Gasteiger partial charge in [-0.15, -0.1) is 0 Å². The third kappa shape index (κ3) is 1.60. The minimum absolute atomic E-state index is 0.634. The van der Waals surface area contributed by atoms with Gasteiger partial charge in [-0.2, -0.15) is 0 Å². The SMILES string of the molecule is Cc1cc2c(c3nc(N)sc13)CNN2c1ccccc1. The molecule has 0 saturated heterocycles. The molecule has 0 amide bonds. The molecule has 3 aromatic rings. The first kappa shape index (κ1) is 11.7. The number of hydrogen-bond donors (Lipinski definition) is 2. The van der Waals surface area contributed by atoms with Crippen molar-refractivity contribution in [2.75, 3.05) is 10.7 Å². The van der Waals surface area contributed by atoms with Gasteiger partial charge in [-0.1, -0.05) is 29.5 Å². The number of fused-ring (bicyclic) bond motifs is 3. The van der Waals surface area contributed by atoms with Crippen LogP contribution in [0.15, 0.2) is 36.4 Å². The maximum absolute atomic E-state index is 5.87. The molecular formula is C15H14N4S. The Bertz CT molecular complexity index is 794.